The van der Waals surface area contributed by atoms with Gasteiger partial charge < -0.3 is 16.0 Å². The maximum atomic E-state index is 12.4. The molecule has 2 unspecified atom stereocenters. The van der Waals surface area contributed by atoms with E-state index in [0.29, 0.717) is 17.5 Å². The third kappa shape index (κ3) is 3.89. The number of carbonyl (C=O) groups excluding carboxylic acids is 1. The van der Waals surface area contributed by atoms with E-state index in [1.807, 2.05) is 26.1 Å². The zero-order chi connectivity index (χ0) is 15.4. The Bertz CT molecular complexity index is 506. The average Bonchev–Trinajstić information content (AvgIpc) is 2.50. The van der Waals surface area contributed by atoms with E-state index >= 15 is 0 Å². The highest BCUT2D eigenvalue weighted by Crippen LogP contribution is 2.28. The summed E-state index contributed by atoms with van der Waals surface area (Å²) in [6.45, 7) is 2.58. The van der Waals surface area contributed by atoms with Crippen LogP contribution in [0.5, 0.6) is 0 Å². The fourth-order valence-corrected chi connectivity index (χ4v) is 3.19. The van der Waals surface area contributed by atoms with E-state index in [0.717, 1.165) is 30.5 Å². The van der Waals surface area contributed by atoms with E-state index < -0.39 is 0 Å². The number of nitrogens with one attached hydrogen (secondary N) is 1. The van der Waals surface area contributed by atoms with Gasteiger partial charge in [0.15, 0.2) is 0 Å². The number of hydrogen-bond acceptors (Lipinski definition) is 2. The molecule has 1 aliphatic carbocycles. The highest BCUT2D eigenvalue weighted by atomic mass is 35.5. The largest absolute Gasteiger partial charge is 0.330 e. The number of hydrogen-bond donors (Lipinski definition) is 2. The minimum absolute atomic E-state index is 0.0970. The van der Waals surface area contributed by atoms with Gasteiger partial charge in [-0.2, -0.15) is 0 Å². The Labute approximate surface area is 131 Å². The van der Waals surface area contributed by atoms with Crippen LogP contribution in [-0.2, 0) is 0 Å². The van der Waals surface area contributed by atoms with Crippen molar-refractivity contribution in [2.75, 3.05) is 18.9 Å². The first-order valence-corrected chi connectivity index (χ1v) is 7.90. The topological polar surface area (TPSA) is 58.4 Å². The molecule has 0 radical (unpaired) electrons. The highest BCUT2D eigenvalue weighted by molar-refractivity contribution is 6.31. The van der Waals surface area contributed by atoms with E-state index in [-0.39, 0.29) is 12.1 Å². The monoisotopic (exact) mass is 309 g/mol. The summed E-state index contributed by atoms with van der Waals surface area (Å²) in [5, 5.41) is 3.57. The SMILES string of the molecule is Cc1ccc(NC(=O)N(C)C2CCCCC2CN)cc1Cl. The molecule has 1 saturated carbocycles. The van der Waals surface area contributed by atoms with Crippen LogP contribution in [0.4, 0.5) is 10.5 Å². The summed E-state index contributed by atoms with van der Waals surface area (Å²) < 4.78 is 0. The smallest absolute Gasteiger partial charge is 0.321 e. The molecule has 2 amide bonds. The summed E-state index contributed by atoms with van der Waals surface area (Å²) in [7, 11) is 1.85. The summed E-state index contributed by atoms with van der Waals surface area (Å²) >= 11 is 6.09. The second-order valence-corrected chi connectivity index (χ2v) is 6.26. The quantitative estimate of drug-likeness (QED) is 0.895. The molecular weight excluding hydrogens is 286 g/mol. The zero-order valence-electron chi connectivity index (χ0n) is 12.7. The van der Waals surface area contributed by atoms with Crippen LogP contribution < -0.4 is 11.1 Å². The van der Waals surface area contributed by atoms with Crippen LogP contribution in [0.1, 0.15) is 31.2 Å². The van der Waals surface area contributed by atoms with Gasteiger partial charge in [0.2, 0.25) is 0 Å². The van der Waals surface area contributed by atoms with Crippen molar-refractivity contribution in [3.63, 3.8) is 0 Å². The van der Waals surface area contributed by atoms with E-state index in [4.69, 9.17) is 17.3 Å². The van der Waals surface area contributed by atoms with Gasteiger partial charge >= 0.3 is 6.03 Å². The van der Waals surface area contributed by atoms with E-state index in [1.165, 1.54) is 6.42 Å². The molecule has 21 heavy (non-hydrogen) atoms. The van der Waals surface area contributed by atoms with E-state index in [2.05, 4.69) is 5.32 Å². The van der Waals surface area contributed by atoms with Gasteiger partial charge in [0.25, 0.3) is 0 Å². The van der Waals surface area contributed by atoms with Gasteiger partial charge in [0, 0.05) is 23.8 Å². The highest BCUT2D eigenvalue weighted by Gasteiger charge is 2.29. The van der Waals surface area contributed by atoms with Crippen LogP contribution in [0.2, 0.25) is 5.02 Å². The molecule has 2 atom stereocenters. The summed E-state index contributed by atoms with van der Waals surface area (Å²) in [4.78, 5) is 14.2. The molecule has 1 fully saturated rings. The minimum Gasteiger partial charge on any atom is -0.330 e. The third-order valence-corrected chi connectivity index (χ3v) is 4.82. The van der Waals surface area contributed by atoms with Crippen molar-refractivity contribution < 1.29 is 4.79 Å². The number of carbonyl (C=O) groups is 1. The fourth-order valence-electron chi connectivity index (χ4n) is 3.01. The lowest BCUT2D eigenvalue weighted by atomic mass is 9.84. The van der Waals surface area contributed by atoms with Crippen molar-refractivity contribution in [1.29, 1.82) is 0 Å². The number of aryl methyl sites for hydroxylation is 1. The van der Waals surface area contributed by atoms with Gasteiger partial charge in [-0.25, -0.2) is 4.79 Å². The maximum Gasteiger partial charge on any atom is 0.321 e. The first kappa shape index (κ1) is 16.1. The number of benzene rings is 1. The number of nitrogens with two attached hydrogens (primary N) is 1. The molecule has 0 heterocycles. The number of anilines is 1. The predicted molar refractivity (Wildman–Crippen MR) is 87.8 cm³/mol. The third-order valence-electron chi connectivity index (χ3n) is 4.41. The van der Waals surface area contributed by atoms with Crippen LogP contribution >= 0.6 is 11.6 Å². The molecule has 0 aromatic heterocycles. The average molecular weight is 310 g/mol. The van der Waals surface area contributed by atoms with Crippen molar-refractivity contribution >= 4 is 23.3 Å². The number of rotatable bonds is 3. The van der Waals surface area contributed by atoms with Gasteiger partial charge in [-0.1, -0.05) is 30.5 Å². The van der Waals surface area contributed by atoms with Crippen molar-refractivity contribution in [3.05, 3.63) is 28.8 Å². The normalized spacial score (nSPS) is 21.9. The molecule has 3 N–H and O–H groups in total. The number of urea groups is 1. The van der Waals surface area contributed by atoms with Crippen molar-refractivity contribution in [1.82, 2.24) is 4.90 Å². The lowest BCUT2D eigenvalue weighted by Gasteiger charge is -2.37. The molecule has 0 saturated heterocycles. The summed E-state index contributed by atoms with van der Waals surface area (Å²) in [6, 6.07) is 5.68. The Hall–Kier alpha value is -1.26. The Kier molecular flexibility index (Phi) is 5.48. The van der Waals surface area contributed by atoms with Gasteiger partial charge in [0.05, 0.1) is 0 Å². The maximum absolute atomic E-state index is 12.4. The van der Waals surface area contributed by atoms with Gasteiger partial charge in [-0.3, -0.25) is 0 Å². The Morgan fingerprint density at radius 3 is 2.81 bits per heavy atom. The van der Waals surface area contributed by atoms with Crippen LogP contribution in [0.3, 0.4) is 0 Å². The molecule has 1 aliphatic rings. The Morgan fingerprint density at radius 2 is 2.14 bits per heavy atom. The molecular formula is C16H24ClN3O. The van der Waals surface area contributed by atoms with E-state index in [1.54, 1.807) is 11.0 Å². The van der Waals surface area contributed by atoms with Crippen LogP contribution in [-0.4, -0.2) is 30.6 Å². The molecule has 1 aromatic carbocycles. The fraction of sp³-hybridized carbons (Fsp3) is 0.562. The summed E-state index contributed by atoms with van der Waals surface area (Å²) in [6.07, 6.45) is 4.51. The predicted octanol–water partition coefficient (Wildman–Crippen LogP) is 3.63. The number of amides is 2. The number of halogens is 1. The van der Waals surface area contributed by atoms with Gasteiger partial charge in [0.1, 0.15) is 0 Å². The standard InChI is InChI=1S/C16H24ClN3O/c1-11-7-8-13(9-14(11)17)19-16(21)20(2)15-6-4-3-5-12(15)10-18/h7-9,12,15H,3-6,10,18H2,1-2H3,(H,19,21). The lowest BCUT2D eigenvalue weighted by molar-refractivity contribution is 0.150. The molecule has 0 aliphatic heterocycles. The molecule has 0 bridgehead atoms. The molecule has 5 heteroatoms. The van der Waals surface area contributed by atoms with Gasteiger partial charge in [-0.15, -0.1) is 0 Å². The second-order valence-electron chi connectivity index (χ2n) is 5.85. The molecule has 4 nitrogen and oxygen atoms in total. The Balaban J connectivity index is 2.02. The van der Waals surface area contributed by atoms with Crippen molar-refractivity contribution in [3.8, 4) is 0 Å². The molecule has 0 spiro atoms. The van der Waals surface area contributed by atoms with Crippen molar-refractivity contribution in [2.24, 2.45) is 11.7 Å². The Morgan fingerprint density at radius 1 is 1.43 bits per heavy atom. The number of nitrogens with zero attached hydrogens (tertiary/aromatic N) is 1. The summed E-state index contributed by atoms with van der Waals surface area (Å²) in [5.41, 5.74) is 7.57. The van der Waals surface area contributed by atoms with Crippen molar-refractivity contribution in [2.45, 2.75) is 38.6 Å². The first-order valence-electron chi connectivity index (χ1n) is 7.53. The van der Waals surface area contributed by atoms with Crippen LogP contribution in [0.15, 0.2) is 18.2 Å². The zero-order valence-corrected chi connectivity index (χ0v) is 13.5. The first-order chi connectivity index (χ1) is 10.0. The molecule has 116 valence electrons. The minimum atomic E-state index is -0.0970. The second kappa shape index (κ2) is 7.14. The van der Waals surface area contributed by atoms with Crippen LogP contribution in [0, 0.1) is 12.8 Å². The van der Waals surface area contributed by atoms with E-state index in [9.17, 15) is 4.79 Å². The summed E-state index contributed by atoms with van der Waals surface area (Å²) in [5.74, 6) is 0.399. The molecule has 1 aromatic rings. The lowest BCUT2D eigenvalue weighted by Crippen LogP contribution is -2.47. The van der Waals surface area contributed by atoms with Crippen LogP contribution in [0.25, 0.3) is 0 Å². The van der Waals surface area contributed by atoms with Gasteiger partial charge in [-0.05, 0) is 49.9 Å². The molecule has 2 rings (SSSR count).